The van der Waals surface area contributed by atoms with Crippen molar-refractivity contribution in [3.63, 3.8) is 0 Å². The first-order valence-corrected chi connectivity index (χ1v) is 7.18. The van der Waals surface area contributed by atoms with Crippen molar-refractivity contribution in [3.8, 4) is 0 Å². The first-order valence-electron chi connectivity index (χ1n) is 6.37. The Bertz CT molecular complexity index is 697. The van der Waals surface area contributed by atoms with Crippen molar-refractivity contribution in [1.29, 1.82) is 0 Å². The summed E-state index contributed by atoms with van der Waals surface area (Å²) in [5.41, 5.74) is 2.32. The van der Waals surface area contributed by atoms with Crippen LogP contribution in [0.2, 0.25) is 0 Å². The molecule has 0 aliphatic rings. The Balaban J connectivity index is 2.16. The summed E-state index contributed by atoms with van der Waals surface area (Å²) in [6.45, 7) is 2.14. The highest BCUT2D eigenvalue weighted by atomic mass is 32.1. The standard InChI is InChI=1S/C16H16N2S/c1-11-8-9-14(19-11)16(17-2)13-7-3-5-12-6-4-10-18-15(12)13/h3-10,16-17H,1-2H3. The van der Waals surface area contributed by atoms with E-state index in [0.29, 0.717) is 0 Å². The Morgan fingerprint density at radius 3 is 2.68 bits per heavy atom. The summed E-state index contributed by atoms with van der Waals surface area (Å²) in [6, 6.07) is 15.0. The fourth-order valence-electron chi connectivity index (χ4n) is 2.42. The quantitative estimate of drug-likeness (QED) is 0.779. The van der Waals surface area contributed by atoms with Gasteiger partial charge in [-0.25, -0.2) is 0 Å². The number of aryl methyl sites for hydroxylation is 1. The second-order valence-corrected chi connectivity index (χ2v) is 5.91. The molecule has 0 bridgehead atoms. The number of thiophene rings is 1. The lowest BCUT2D eigenvalue weighted by molar-refractivity contribution is 0.707. The molecule has 0 radical (unpaired) electrons. The molecule has 3 aromatic rings. The van der Waals surface area contributed by atoms with Crippen LogP contribution in [0, 0.1) is 6.92 Å². The zero-order chi connectivity index (χ0) is 13.2. The van der Waals surface area contributed by atoms with Gasteiger partial charge in [0.15, 0.2) is 0 Å². The molecule has 96 valence electrons. The predicted molar refractivity (Wildman–Crippen MR) is 81.7 cm³/mol. The largest absolute Gasteiger partial charge is 0.309 e. The third kappa shape index (κ3) is 2.27. The molecule has 1 atom stereocenters. The van der Waals surface area contributed by atoms with E-state index in [2.05, 4.69) is 53.6 Å². The zero-order valence-electron chi connectivity index (χ0n) is 11.1. The second kappa shape index (κ2) is 5.11. The van der Waals surface area contributed by atoms with Gasteiger partial charge in [0.1, 0.15) is 0 Å². The number of benzene rings is 1. The van der Waals surface area contributed by atoms with Crippen molar-refractivity contribution in [2.75, 3.05) is 7.05 Å². The fourth-order valence-corrected chi connectivity index (χ4v) is 3.43. The smallest absolute Gasteiger partial charge is 0.0753 e. The van der Waals surface area contributed by atoms with Gasteiger partial charge in [0.2, 0.25) is 0 Å². The third-order valence-electron chi connectivity index (χ3n) is 3.31. The first kappa shape index (κ1) is 12.3. The first-order chi connectivity index (χ1) is 9.29. The predicted octanol–water partition coefficient (Wildman–Crippen LogP) is 3.91. The summed E-state index contributed by atoms with van der Waals surface area (Å²) in [5.74, 6) is 0. The van der Waals surface area contributed by atoms with Crippen molar-refractivity contribution < 1.29 is 0 Å². The van der Waals surface area contributed by atoms with E-state index >= 15 is 0 Å². The van der Waals surface area contributed by atoms with Gasteiger partial charge in [-0.05, 0) is 32.2 Å². The molecule has 2 heterocycles. The Kier molecular flexibility index (Phi) is 3.32. The molecule has 2 aromatic heterocycles. The summed E-state index contributed by atoms with van der Waals surface area (Å²) in [7, 11) is 2.00. The summed E-state index contributed by atoms with van der Waals surface area (Å²) >= 11 is 1.83. The maximum Gasteiger partial charge on any atom is 0.0753 e. The lowest BCUT2D eigenvalue weighted by Gasteiger charge is -2.16. The Morgan fingerprint density at radius 1 is 1.11 bits per heavy atom. The van der Waals surface area contributed by atoms with E-state index in [0.717, 1.165) is 5.52 Å². The van der Waals surface area contributed by atoms with Crippen LogP contribution in [-0.4, -0.2) is 12.0 Å². The zero-order valence-corrected chi connectivity index (χ0v) is 11.9. The molecule has 1 unspecified atom stereocenters. The molecule has 3 rings (SSSR count). The van der Waals surface area contributed by atoms with Crippen LogP contribution >= 0.6 is 11.3 Å². The Morgan fingerprint density at radius 2 is 1.95 bits per heavy atom. The molecule has 0 aliphatic carbocycles. The number of aromatic nitrogens is 1. The van der Waals surface area contributed by atoms with E-state index in [9.17, 15) is 0 Å². The molecule has 1 N–H and O–H groups in total. The normalized spacial score (nSPS) is 12.7. The SMILES string of the molecule is CNC(c1ccc(C)s1)c1cccc2cccnc12. The van der Waals surface area contributed by atoms with Crippen LogP contribution in [0.4, 0.5) is 0 Å². The van der Waals surface area contributed by atoms with Gasteiger partial charge in [-0.3, -0.25) is 4.98 Å². The van der Waals surface area contributed by atoms with Gasteiger partial charge in [0.05, 0.1) is 11.6 Å². The van der Waals surface area contributed by atoms with Crippen LogP contribution in [0.25, 0.3) is 10.9 Å². The van der Waals surface area contributed by atoms with E-state index in [4.69, 9.17) is 0 Å². The number of nitrogens with one attached hydrogen (secondary N) is 1. The van der Waals surface area contributed by atoms with E-state index in [1.165, 1.54) is 20.7 Å². The van der Waals surface area contributed by atoms with Crippen LogP contribution in [0.1, 0.15) is 21.4 Å². The van der Waals surface area contributed by atoms with Crippen molar-refractivity contribution in [2.45, 2.75) is 13.0 Å². The lowest BCUT2D eigenvalue weighted by Crippen LogP contribution is -2.17. The second-order valence-electron chi connectivity index (χ2n) is 4.59. The lowest BCUT2D eigenvalue weighted by atomic mass is 10.0. The molecule has 1 aromatic carbocycles. The molecule has 3 heteroatoms. The molecule has 0 saturated heterocycles. The monoisotopic (exact) mass is 268 g/mol. The van der Waals surface area contributed by atoms with Crippen molar-refractivity contribution in [1.82, 2.24) is 10.3 Å². The summed E-state index contributed by atoms with van der Waals surface area (Å²) in [6.07, 6.45) is 1.86. The highest BCUT2D eigenvalue weighted by Gasteiger charge is 2.16. The van der Waals surface area contributed by atoms with Crippen LogP contribution in [0.15, 0.2) is 48.7 Å². The van der Waals surface area contributed by atoms with Crippen molar-refractivity contribution in [3.05, 3.63) is 64.0 Å². The average molecular weight is 268 g/mol. The number of hydrogen-bond donors (Lipinski definition) is 1. The van der Waals surface area contributed by atoms with Crippen molar-refractivity contribution in [2.24, 2.45) is 0 Å². The molecule has 0 fully saturated rings. The molecular weight excluding hydrogens is 252 g/mol. The number of pyridine rings is 1. The highest BCUT2D eigenvalue weighted by Crippen LogP contribution is 2.31. The van der Waals surface area contributed by atoms with Crippen molar-refractivity contribution >= 4 is 22.2 Å². The number of para-hydroxylation sites is 1. The van der Waals surface area contributed by atoms with Gasteiger partial charge in [-0.2, -0.15) is 0 Å². The molecule has 2 nitrogen and oxygen atoms in total. The van der Waals surface area contributed by atoms with Gasteiger partial charge in [-0.15, -0.1) is 11.3 Å². The Labute approximate surface area is 117 Å². The van der Waals surface area contributed by atoms with Gasteiger partial charge in [0.25, 0.3) is 0 Å². The van der Waals surface area contributed by atoms with E-state index in [-0.39, 0.29) is 6.04 Å². The maximum atomic E-state index is 4.55. The molecule has 0 spiro atoms. The molecule has 0 amide bonds. The molecule has 0 saturated carbocycles. The molecule has 0 aliphatic heterocycles. The average Bonchev–Trinajstić information content (AvgIpc) is 2.86. The summed E-state index contributed by atoms with van der Waals surface area (Å²) in [5, 5.41) is 4.60. The van der Waals surface area contributed by atoms with Gasteiger partial charge >= 0.3 is 0 Å². The summed E-state index contributed by atoms with van der Waals surface area (Å²) in [4.78, 5) is 7.22. The Hall–Kier alpha value is -1.71. The van der Waals surface area contributed by atoms with E-state index < -0.39 is 0 Å². The van der Waals surface area contributed by atoms with Crippen LogP contribution in [0.5, 0.6) is 0 Å². The minimum atomic E-state index is 0.206. The van der Waals surface area contributed by atoms with E-state index in [1.807, 2.05) is 30.6 Å². The van der Waals surface area contributed by atoms with Gasteiger partial charge in [0, 0.05) is 26.9 Å². The highest BCUT2D eigenvalue weighted by molar-refractivity contribution is 7.12. The van der Waals surface area contributed by atoms with Crippen LogP contribution in [-0.2, 0) is 0 Å². The number of nitrogens with zero attached hydrogens (tertiary/aromatic N) is 1. The third-order valence-corrected chi connectivity index (χ3v) is 4.37. The maximum absolute atomic E-state index is 4.55. The number of rotatable bonds is 3. The fraction of sp³-hybridized carbons (Fsp3) is 0.188. The minimum Gasteiger partial charge on any atom is -0.309 e. The van der Waals surface area contributed by atoms with Crippen LogP contribution < -0.4 is 5.32 Å². The topological polar surface area (TPSA) is 24.9 Å². The van der Waals surface area contributed by atoms with Gasteiger partial charge in [-0.1, -0.05) is 24.3 Å². The molecular formula is C16H16N2S. The van der Waals surface area contributed by atoms with E-state index in [1.54, 1.807) is 0 Å². The molecule has 19 heavy (non-hydrogen) atoms. The number of fused-ring (bicyclic) bond motifs is 1. The van der Waals surface area contributed by atoms with Crippen LogP contribution in [0.3, 0.4) is 0 Å². The van der Waals surface area contributed by atoms with Gasteiger partial charge < -0.3 is 5.32 Å². The summed E-state index contributed by atoms with van der Waals surface area (Å²) < 4.78 is 0. The minimum absolute atomic E-state index is 0.206. The number of hydrogen-bond acceptors (Lipinski definition) is 3.